The molecule has 1 N–H and O–H groups in total. The third kappa shape index (κ3) is 4.23. The molecule has 1 saturated heterocycles. The van der Waals surface area contributed by atoms with Crippen molar-refractivity contribution >= 4 is 6.09 Å². The van der Waals surface area contributed by atoms with Gasteiger partial charge >= 0.3 is 6.09 Å². The van der Waals surface area contributed by atoms with E-state index in [4.69, 9.17) is 4.74 Å². The van der Waals surface area contributed by atoms with Crippen molar-refractivity contribution < 1.29 is 9.53 Å². The molecule has 20 heavy (non-hydrogen) atoms. The summed E-state index contributed by atoms with van der Waals surface area (Å²) in [5.41, 5.74) is 0. The Morgan fingerprint density at radius 3 is 3.15 bits per heavy atom. The number of hydrogen-bond acceptors (Lipinski definition) is 4. The summed E-state index contributed by atoms with van der Waals surface area (Å²) >= 11 is 0. The van der Waals surface area contributed by atoms with Crippen LogP contribution in [0.2, 0.25) is 0 Å². The molecule has 0 spiro atoms. The van der Waals surface area contributed by atoms with Crippen LogP contribution in [0.15, 0.2) is 18.5 Å². The molecule has 0 aliphatic carbocycles. The maximum Gasteiger partial charge on any atom is 0.409 e. The van der Waals surface area contributed by atoms with E-state index >= 15 is 0 Å². The predicted molar refractivity (Wildman–Crippen MR) is 76.4 cm³/mol. The maximum atomic E-state index is 11.5. The lowest BCUT2D eigenvalue weighted by molar-refractivity contribution is 0.106. The van der Waals surface area contributed by atoms with Gasteiger partial charge in [-0.25, -0.2) is 4.79 Å². The largest absolute Gasteiger partial charge is 0.453 e. The monoisotopic (exact) mass is 280 g/mol. The summed E-state index contributed by atoms with van der Waals surface area (Å²) in [7, 11) is 1.44. The Morgan fingerprint density at radius 1 is 1.60 bits per heavy atom. The Morgan fingerprint density at radius 2 is 2.45 bits per heavy atom. The molecule has 0 radical (unpaired) electrons. The van der Waals surface area contributed by atoms with Gasteiger partial charge in [0.2, 0.25) is 0 Å². The molecule has 1 amide bonds. The van der Waals surface area contributed by atoms with Crippen molar-refractivity contribution in [2.45, 2.75) is 44.8 Å². The van der Waals surface area contributed by atoms with E-state index in [1.54, 1.807) is 11.1 Å². The van der Waals surface area contributed by atoms with E-state index in [0.29, 0.717) is 12.1 Å². The summed E-state index contributed by atoms with van der Waals surface area (Å²) in [6.07, 6.45) is 6.72. The molecule has 2 heterocycles. The van der Waals surface area contributed by atoms with E-state index in [2.05, 4.69) is 17.3 Å². The zero-order valence-electron chi connectivity index (χ0n) is 12.3. The molecule has 6 nitrogen and oxygen atoms in total. The standard InChI is InChI=1S/C14H24N4O2/c1-12(6-10-18-9-4-7-15-18)16-13-5-3-8-17(11-13)14(19)20-2/h4,7,9,12-13,16H,3,5-6,8,10-11H2,1-2H3/t12-,13+/m1/s1. The molecular weight excluding hydrogens is 256 g/mol. The number of rotatable bonds is 5. The van der Waals surface area contributed by atoms with Crippen molar-refractivity contribution in [1.29, 1.82) is 0 Å². The van der Waals surface area contributed by atoms with Gasteiger partial charge in [-0.1, -0.05) is 0 Å². The van der Waals surface area contributed by atoms with Gasteiger partial charge in [-0.05, 0) is 32.3 Å². The van der Waals surface area contributed by atoms with Gasteiger partial charge in [0, 0.05) is 44.1 Å². The maximum absolute atomic E-state index is 11.5. The second kappa shape index (κ2) is 7.28. The number of nitrogens with one attached hydrogen (secondary N) is 1. The van der Waals surface area contributed by atoms with Crippen LogP contribution in [0.4, 0.5) is 4.79 Å². The quantitative estimate of drug-likeness (QED) is 0.887. The highest BCUT2D eigenvalue weighted by Gasteiger charge is 2.24. The molecule has 0 saturated carbocycles. The molecule has 0 unspecified atom stereocenters. The summed E-state index contributed by atoms with van der Waals surface area (Å²) in [4.78, 5) is 13.3. The van der Waals surface area contributed by atoms with Crippen LogP contribution in [0.1, 0.15) is 26.2 Å². The fourth-order valence-electron chi connectivity index (χ4n) is 2.65. The number of aryl methyl sites for hydroxylation is 1. The Kier molecular flexibility index (Phi) is 5.40. The summed E-state index contributed by atoms with van der Waals surface area (Å²) in [5, 5.41) is 7.80. The zero-order chi connectivity index (χ0) is 14.4. The van der Waals surface area contributed by atoms with Gasteiger partial charge < -0.3 is 15.0 Å². The number of hydrogen-bond donors (Lipinski definition) is 1. The van der Waals surface area contributed by atoms with Crippen molar-refractivity contribution in [3.05, 3.63) is 18.5 Å². The van der Waals surface area contributed by atoms with Crippen LogP contribution in [-0.2, 0) is 11.3 Å². The Labute approximate surface area is 120 Å². The lowest BCUT2D eigenvalue weighted by atomic mass is 10.0. The van der Waals surface area contributed by atoms with Crippen LogP contribution in [0.25, 0.3) is 0 Å². The Hall–Kier alpha value is -1.56. The van der Waals surface area contributed by atoms with E-state index in [9.17, 15) is 4.79 Å². The van der Waals surface area contributed by atoms with Crippen LogP contribution in [-0.4, -0.2) is 53.1 Å². The molecule has 1 aliphatic heterocycles. The van der Waals surface area contributed by atoms with Crippen LogP contribution in [0, 0.1) is 0 Å². The third-order valence-electron chi connectivity index (χ3n) is 3.72. The zero-order valence-corrected chi connectivity index (χ0v) is 12.3. The first-order valence-electron chi connectivity index (χ1n) is 7.25. The lowest BCUT2D eigenvalue weighted by Gasteiger charge is -2.33. The summed E-state index contributed by atoms with van der Waals surface area (Å²) in [6.45, 7) is 4.63. The van der Waals surface area contributed by atoms with Gasteiger partial charge in [-0.2, -0.15) is 5.10 Å². The minimum atomic E-state index is -0.222. The number of amides is 1. The third-order valence-corrected chi connectivity index (χ3v) is 3.72. The fraction of sp³-hybridized carbons (Fsp3) is 0.714. The molecule has 2 atom stereocenters. The minimum absolute atomic E-state index is 0.222. The van der Waals surface area contributed by atoms with E-state index in [0.717, 1.165) is 38.9 Å². The van der Waals surface area contributed by atoms with Crippen LogP contribution in [0.5, 0.6) is 0 Å². The van der Waals surface area contributed by atoms with Gasteiger partial charge in [-0.3, -0.25) is 4.68 Å². The van der Waals surface area contributed by atoms with Crippen molar-refractivity contribution in [2.75, 3.05) is 20.2 Å². The minimum Gasteiger partial charge on any atom is -0.453 e. The van der Waals surface area contributed by atoms with Crippen molar-refractivity contribution in [2.24, 2.45) is 0 Å². The Bertz CT molecular complexity index is 407. The molecule has 1 aromatic rings. The first kappa shape index (κ1) is 14.8. The van der Waals surface area contributed by atoms with Gasteiger partial charge in [-0.15, -0.1) is 0 Å². The van der Waals surface area contributed by atoms with Gasteiger partial charge in [0.1, 0.15) is 0 Å². The van der Waals surface area contributed by atoms with E-state index in [1.165, 1.54) is 7.11 Å². The van der Waals surface area contributed by atoms with E-state index in [-0.39, 0.29) is 6.09 Å². The molecule has 2 rings (SSSR count). The van der Waals surface area contributed by atoms with Crippen molar-refractivity contribution in [3.8, 4) is 0 Å². The number of piperidine rings is 1. The summed E-state index contributed by atoms with van der Waals surface area (Å²) < 4.78 is 6.73. The first-order valence-corrected chi connectivity index (χ1v) is 7.25. The summed E-state index contributed by atoms with van der Waals surface area (Å²) in [6, 6.07) is 2.70. The number of nitrogens with zero attached hydrogens (tertiary/aromatic N) is 3. The smallest absolute Gasteiger partial charge is 0.409 e. The highest BCUT2D eigenvalue weighted by molar-refractivity contribution is 5.67. The van der Waals surface area contributed by atoms with E-state index < -0.39 is 0 Å². The second-order valence-corrected chi connectivity index (χ2v) is 5.38. The van der Waals surface area contributed by atoms with E-state index in [1.807, 2.05) is 16.9 Å². The average molecular weight is 280 g/mol. The number of aromatic nitrogens is 2. The molecule has 1 aromatic heterocycles. The molecule has 1 aliphatic rings. The van der Waals surface area contributed by atoms with Gasteiger partial charge in [0.25, 0.3) is 0 Å². The molecule has 112 valence electrons. The number of ether oxygens (including phenoxy) is 1. The molecule has 0 bridgehead atoms. The van der Waals surface area contributed by atoms with Gasteiger partial charge in [0.05, 0.1) is 7.11 Å². The van der Waals surface area contributed by atoms with Crippen molar-refractivity contribution in [1.82, 2.24) is 20.0 Å². The summed E-state index contributed by atoms with van der Waals surface area (Å²) in [5.74, 6) is 0. The van der Waals surface area contributed by atoms with Crippen LogP contribution in [0.3, 0.4) is 0 Å². The highest BCUT2D eigenvalue weighted by Crippen LogP contribution is 2.12. The van der Waals surface area contributed by atoms with Crippen LogP contribution < -0.4 is 5.32 Å². The fourth-order valence-corrected chi connectivity index (χ4v) is 2.65. The topological polar surface area (TPSA) is 59.4 Å². The number of carbonyl (C=O) groups is 1. The molecule has 0 aromatic carbocycles. The molecule has 1 fully saturated rings. The Balaban J connectivity index is 1.73. The first-order chi connectivity index (χ1) is 9.69. The number of methoxy groups -OCH3 is 1. The number of carbonyl (C=O) groups excluding carboxylic acids is 1. The number of likely N-dealkylation sites (tertiary alicyclic amines) is 1. The van der Waals surface area contributed by atoms with Crippen molar-refractivity contribution in [3.63, 3.8) is 0 Å². The second-order valence-electron chi connectivity index (χ2n) is 5.38. The lowest BCUT2D eigenvalue weighted by Crippen LogP contribution is -2.50. The van der Waals surface area contributed by atoms with Crippen LogP contribution >= 0.6 is 0 Å². The normalized spacial score (nSPS) is 20.7. The SMILES string of the molecule is COC(=O)N1CCC[C@H](N[C@H](C)CCn2cccn2)C1. The molecular formula is C14H24N4O2. The average Bonchev–Trinajstić information content (AvgIpc) is 2.98. The predicted octanol–water partition coefficient (Wildman–Crippen LogP) is 1.48. The highest BCUT2D eigenvalue weighted by atomic mass is 16.5. The molecule has 6 heteroatoms. The van der Waals surface area contributed by atoms with Gasteiger partial charge in [0.15, 0.2) is 0 Å².